The molecule has 0 bridgehead atoms. The van der Waals surface area contributed by atoms with E-state index in [4.69, 9.17) is 11.6 Å². The summed E-state index contributed by atoms with van der Waals surface area (Å²) in [5.74, 6) is 0. The van der Waals surface area contributed by atoms with Crippen LogP contribution in [-0.2, 0) is 9.84 Å². The number of likely N-dealkylation sites (tertiary alicyclic amines) is 1. The minimum atomic E-state index is -3.65. The number of sulfone groups is 1. The number of piperidine rings is 1. The molecule has 4 rings (SSSR count). The number of hydrogen-bond acceptors (Lipinski definition) is 4. The zero-order valence-corrected chi connectivity index (χ0v) is 17.6. The summed E-state index contributed by atoms with van der Waals surface area (Å²) >= 11 is 6.02. The number of H-pyrrole nitrogens is 1. The number of anilines is 1. The minimum absolute atomic E-state index is 0.272. The Hall–Kier alpha value is -2.02. The summed E-state index contributed by atoms with van der Waals surface area (Å²) in [4.78, 5) is 5.90. The van der Waals surface area contributed by atoms with Crippen molar-refractivity contribution >= 4 is 38.0 Å². The van der Waals surface area contributed by atoms with Crippen molar-refractivity contribution in [1.82, 2.24) is 9.88 Å². The molecule has 7 heteroatoms. The molecule has 1 aromatic heterocycles. The summed E-state index contributed by atoms with van der Waals surface area (Å²) in [7, 11) is -1.52. The predicted octanol–water partition coefficient (Wildman–Crippen LogP) is 4.47. The number of aryl methyl sites for hydroxylation is 1. The molecule has 0 unspecified atom stereocenters. The van der Waals surface area contributed by atoms with Gasteiger partial charge < -0.3 is 15.2 Å². The molecule has 28 heavy (non-hydrogen) atoms. The standard InChI is InChI=1S/C21H24ClN3O2S/c1-14-3-5-17(12-19(14)24-16-7-9-25(2)10-8-16)28(26,27)21-13-23-20-11-15(22)4-6-18(20)21/h3-6,11-13,16,23-24H,7-10H2,1-2H3. The van der Waals surface area contributed by atoms with Crippen molar-refractivity contribution in [3.8, 4) is 0 Å². The van der Waals surface area contributed by atoms with Gasteiger partial charge in [0.15, 0.2) is 0 Å². The van der Waals surface area contributed by atoms with E-state index in [0.29, 0.717) is 26.9 Å². The number of nitrogens with zero attached hydrogens (tertiary/aromatic N) is 1. The molecule has 0 saturated carbocycles. The van der Waals surface area contributed by atoms with E-state index < -0.39 is 9.84 Å². The van der Waals surface area contributed by atoms with E-state index in [1.165, 1.54) is 0 Å². The van der Waals surface area contributed by atoms with E-state index in [0.717, 1.165) is 37.2 Å². The first-order chi connectivity index (χ1) is 13.3. The van der Waals surface area contributed by atoms with Crippen molar-refractivity contribution in [1.29, 1.82) is 0 Å². The van der Waals surface area contributed by atoms with Crippen molar-refractivity contribution in [2.24, 2.45) is 0 Å². The van der Waals surface area contributed by atoms with Crippen LogP contribution < -0.4 is 5.32 Å². The van der Waals surface area contributed by atoms with Gasteiger partial charge in [0.2, 0.25) is 9.84 Å². The molecule has 1 saturated heterocycles. The van der Waals surface area contributed by atoms with E-state index in [1.54, 1.807) is 36.5 Å². The van der Waals surface area contributed by atoms with Gasteiger partial charge in [0.1, 0.15) is 0 Å². The van der Waals surface area contributed by atoms with Crippen LogP contribution in [0.3, 0.4) is 0 Å². The maximum absolute atomic E-state index is 13.3. The number of rotatable bonds is 4. The topological polar surface area (TPSA) is 65.2 Å². The van der Waals surface area contributed by atoms with Crippen LogP contribution >= 0.6 is 11.6 Å². The van der Waals surface area contributed by atoms with Gasteiger partial charge in [0, 0.05) is 33.9 Å². The normalized spacial score (nSPS) is 16.5. The maximum atomic E-state index is 13.3. The molecule has 0 radical (unpaired) electrons. The highest BCUT2D eigenvalue weighted by Crippen LogP contribution is 2.32. The number of fused-ring (bicyclic) bond motifs is 1. The monoisotopic (exact) mass is 417 g/mol. The summed E-state index contributed by atoms with van der Waals surface area (Å²) in [5, 5.41) is 4.77. The third kappa shape index (κ3) is 3.64. The van der Waals surface area contributed by atoms with E-state index >= 15 is 0 Å². The van der Waals surface area contributed by atoms with Crippen molar-refractivity contribution in [2.45, 2.75) is 35.6 Å². The minimum Gasteiger partial charge on any atom is -0.382 e. The fourth-order valence-electron chi connectivity index (χ4n) is 3.72. The lowest BCUT2D eigenvalue weighted by Crippen LogP contribution is -2.36. The first-order valence-corrected chi connectivity index (χ1v) is 11.3. The third-order valence-corrected chi connectivity index (χ3v) is 7.52. The van der Waals surface area contributed by atoms with Crippen LogP contribution in [0.15, 0.2) is 52.4 Å². The van der Waals surface area contributed by atoms with Gasteiger partial charge in [0.05, 0.1) is 9.79 Å². The molecule has 0 atom stereocenters. The van der Waals surface area contributed by atoms with Gasteiger partial charge in [-0.15, -0.1) is 0 Å². The molecule has 148 valence electrons. The van der Waals surface area contributed by atoms with Gasteiger partial charge in [-0.1, -0.05) is 23.7 Å². The average Bonchev–Trinajstić information content (AvgIpc) is 3.09. The number of hydrogen-bond donors (Lipinski definition) is 2. The van der Waals surface area contributed by atoms with Crippen LogP contribution in [0.2, 0.25) is 5.02 Å². The Morgan fingerprint density at radius 1 is 1.14 bits per heavy atom. The third-order valence-electron chi connectivity index (χ3n) is 5.49. The van der Waals surface area contributed by atoms with Crippen LogP contribution in [-0.4, -0.2) is 44.5 Å². The van der Waals surface area contributed by atoms with Crippen molar-refractivity contribution < 1.29 is 8.42 Å². The van der Waals surface area contributed by atoms with E-state index in [9.17, 15) is 8.42 Å². The van der Waals surface area contributed by atoms with E-state index in [-0.39, 0.29) is 4.90 Å². The SMILES string of the molecule is Cc1ccc(S(=O)(=O)c2c[nH]c3cc(Cl)ccc23)cc1NC1CCN(C)CC1. The Bertz CT molecular complexity index is 1120. The summed E-state index contributed by atoms with van der Waals surface area (Å²) < 4.78 is 26.6. The molecule has 2 aromatic carbocycles. The zero-order chi connectivity index (χ0) is 19.9. The lowest BCUT2D eigenvalue weighted by Gasteiger charge is -2.30. The van der Waals surface area contributed by atoms with Crippen molar-refractivity contribution in [3.05, 3.63) is 53.2 Å². The molecule has 0 aliphatic carbocycles. The Morgan fingerprint density at radius 2 is 1.89 bits per heavy atom. The molecule has 1 aliphatic rings. The predicted molar refractivity (Wildman–Crippen MR) is 114 cm³/mol. The fraction of sp³-hybridized carbons (Fsp3) is 0.333. The molecule has 1 fully saturated rings. The highest BCUT2D eigenvalue weighted by molar-refractivity contribution is 7.91. The molecule has 5 nitrogen and oxygen atoms in total. The first-order valence-electron chi connectivity index (χ1n) is 9.42. The average molecular weight is 418 g/mol. The number of halogens is 1. The van der Waals surface area contributed by atoms with Crippen LogP contribution in [0.25, 0.3) is 10.9 Å². The Balaban J connectivity index is 1.68. The maximum Gasteiger partial charge on any atom is 0.208 e. The van der Waals surface area contributed by atoms with E-state index in [1.807, 2.05) is 13.0 Å². The van der Waals surface area contributed by atoms with Gasteiger partial charge in [-0.25, -0.2) is 8.42 Å². The van der Waals surface area contributed by atoms with Gasteiger partial charge in [-0.05, 0) is 69.7 Å². The second-order valence-electron chi connectivity index (χ2n) is 7.54. The number of aromatic amines is 1. The largest absolute Gasteiger partial charge is 0.382 e. The van der Waals surface area contributed by atoms with Crippen molar-refractivity contribution in [3.63, 3.8) is 0 Å². The number of aromatic nitrogens is 1. The van der Waals surface area contributed by atoms with E-state index in [2.05, 4.69) is 22.2 Å². The quantitative estimate of drug-likeness (QED) is 0.657. The molecular formula is C21H24ClN3O2S. The van der Waals surface area contributed by atoms with Crippen molar-refractivity contribution in [2.75, 3.05) is 25.5 Å². The molecule has 0 spiro atoms. The van der Waals surface area contributed by atoms with Crippen LogP contribution in [0.1, 0.15) is 18.4 Å². The lowest BCUT2D eigenvalue weighted by atomic mass is 10.0. The second-order valence-corrected chi connectivity index (χ2v) is 9.90. The second kappa shape index (κ2) is 7.43. The van der Waals surface area contributed by atoms with Gasteiger partial charge in [0.25, 0.3) is 0 Å². The van der Waals surface area contributed by atoms with Gasteiger partial charge in [-0.2, -0.15) is 0 Å². The highest BCUT2D eigenvalue weighted by atomic mass is 35.5. The summed E-state index contributed by atoms with van der Waals surface area (Å²) in [6.07, 6.45) is 3.65. The zero-order valence-electron chi connectivity index (χ0n) is 16.0. The molecule has 1 aliphatic heterocycles. The summed E-state index contributed by atoms with van der Waals surface area (Å²) in [6, 6.07) is 10.9. The Morgan fingerprint density at radius 3 is 2.64 bits per heavy atom. The number of nitrogens with one attached hydrogen (secondary N) is 2. The van der Waals surface area contributed by atoms with Gasteiger partial charge in [-0.3, -0.25) is 0 Å². The van der Waals surface area contributed by atoms with Crippen LogP contribution in [0, 0.1) is 6.92 Å². The molecule has 2 N–H and O–H groups in total. The molecular weight excluding hydrogens is 394 g/mol. The highest BCUT2D eigenvalue weighted by Gasteiger charge is 2.23. The fourth-order valence-corrected chi connectivity index (χ4v) is 5.35. The number of benzene rings is 2. The summed E-state index contributed by atoms with van der Waals surface area (Å²) in [6.45, 7) is 4.10. The Kier molecular flexibility index (Phi) is 5.12. The molecule has 0 amide bonds. The van der Waals surface area contributed by atoms with Gasteiger partial charge >= 0.3 is 0 Å². The first kappa shape index (κ1) is 19.3. The van der Waals surface area contributed by atoms with Crippen LogP contribution in [0.4, 0.5) is 5.69 Å². The van der Waals surface area contributed by atoms with Crippen LogP contribution in [0.5, 0.6) is 0 Å². The lowest BCUT2D eigenvalue weighted by molar-refractivity contribution is 0.264. The molecule has 2 heterocycles. The summed E-state index contributed by atoms with van der Waals surface area (Å²) in [5.41, 5.74) is 2.64. The Labute approximate surface area is 170 Å². The molecule has 3 aromatic rings. The smallest absolute Gasteiger partial charge is 0.208 e.